The molecule has 5 rings (SSSR count). The number of thioether (sulfide) groups is 1. The van der Waals surface area contributed by atoms with Crippen molar-refractivity contribution in [3.63, 3.8) is 0 Å². The maximum Gasteiger partial charge on any atom is 0.673 e. The van der Waals surface area contributed by atoms with Gasteiger partial charge in [-0.15, -0.1) is 0 Å². The van der Waals surface area contributed by atoms with E-state index in [1.807, 2.05) is 23.1 Å². The molecule has 1 aliphatic heterocycles. The smallest absolute Gasteiger partial charge is 0.418 e. The number of aryl methyl sites for hydroxylation is 3. The first kappa shape index (κ1) is 33.9. The van der Waals surface area contributed by atoms with Gasteiger partial charge in [-0.05, 0) is 44.2 Å². The number of nitrogens with zero attached hydrogens (tertiary/aromatic N) is 3. The number of fused-ring (bicyclic) bond motifs is 2. The summed E-state index contributed by atoms with van der Waals surface area (Å²) in [5, 5.41) is 2.44. The van der Waals surface area contributed by atoms with Gasteiger partial charge in [0, 0.05) is 47.4 Å². The van der Waals surface area contributed by atoms with E-state index in [9.17, 15) is 34.5 Å². The van der Waals surface area contributed by atoms with E-state index in [-0.39, 0.29) is 0 Å². The van der Waals surface area contributed by atoms with Crippen LogP contribution in [0.2, 0.25) is 0 Å². The summed E-state index contributed by atoms with van der Waals surface area (Å²) in [6.45, 7) is 4.29. The molecule has 0 spiro atoms. The van der Waals surface area contributed by atoms with Crippen molar-refractivity contribution < 1.29 is 43.7 Å². The molecule has 0 bridgehead atoms. The molecule has 228 valence electrons. The molecular weight excluding hydrogens is 616 g/mol. The quantitative estimate of drug-likeness (QED) is 0.0953. The normalized spacial score (nSPS) is 14.5. The molecule has 2 aromatic heterocycles. The number of rotatable bonds is 4. The number of anilines is 1. The lowest BCUT2D eigenvalue weighted by Gasteiger charge is -2.12. The van der Waals surface area contributed by atoms with E-state index in [0.717, 1.165) is 5.70 Å². The summed E-state index contributed by atoms with van der Waals surface area (Å²) in [4.78, 5) is 3.56. The fourth-order valence-corrected chi connectivity index (χ4v) is 6.24. The summed E-state index contributed by atoms with van der Waals surface area (Å²) in [5.74, 6) is 0. The Morgan fingerprint density at radius 3 is 1.98 bits per heavy atom. The van der Waals surface area contributed by atoms with E-state index in [4.69, 9.17) is 0 Å². The molecule has 0 fully saturated rings. The van der Waals surface area contributed by atoms with Crippen molar-refractivity contribution in [2.24, 2.45) is 7.05 Å². The van der Waals surface area contributed by atoms with E-state index in [2.05, 4.69) is 133 Å². The lowest BCUT2D eigenvalue weighted by molar-refractivity contribution is -0.642. The number of hydrogen-bond acceptors (Lipinski definition) is 3. The largest absolute Gasteiger partial charge is 0.673 e. The molecule has 2 aromatic carbocycles. The third-order valence-electron chi connectivity index (χ3n) is 5.78. The predicted octanol–water partition coefficient (Wildman–Crippen LogP) is 8.87. The van der Waals surface area contributed by atoms with Gasteiger partial charge in [-0.2, -0.15) is 9.13 Å². The standard InChI is InChI=1S/C28H27N3S2.2BF4/c1-20-17-21(2)19-31(18-20)22(13-15-27-29(3)23-9-5-7-11-25(23)32-27)14-16-28-30(4)24-10-6-8-12-26(24)33-28;2*2-1(3,4)5/h5-19H,1-4H3;;/q+2;2*-1. The highest BCUT2D eigenvalue weighted by molar-refractivity contribution is 8.03. The van der Waals surface area contributed by atoms with Gasteiger partial charge in [-0.3, -0.25) is 0 Å². The molecule has 3 nitrogen and oxygen atoms in total. The molecule has 0 atom stereocenters. The van der Waals surface area contributed by atoms with Crippen LogP contribution < -0.4 is 14.0 Å². The fourth-order valence-electron chi connectivity index (χ4n) is 4.13. The van der Waals surface area contributed by atoms with Crippen LogP contribution in [-0.2, 0) is 7.05 Å². The van der Waals surface area contributed by atoms with Gasteiger partial charge < -0.3 is 39.4 Å². The molecule has 0 radical (unpaired) electrons. The second-order valence-electron chi connectivity index (χ2n) is 9.31. The first-order chi connectivity index (χ1) is 20.0. The maximum absolute atomic E-state index is 9.75. The molecule has 1 aliphatic rings. The summed E-state index contributed by atoms with van der Waals surface area (Å²) in [6, 6.07) is 19.3. The van der Waals surface area contributed by atoms with Crippen LogP contribution in [0.3, 0.4) is 0 Å². The van der Waals surface area contributed by atoms with E-state index in [1.54, 1.807) is 0 Å². The summed E-state index contributed by atoms with van der Waals surface area (Å²) in [5.41, 5.74) is 6.13. The monoisotopic (exact) mass is 643 g/mol. The Kier molecular flexibility index (Phi) is 11.2. The van der Waals surface area contributed by atoms with Gasteiger partial charge in [0.2, 0.25) is 11.2 Å². The predicted molar refractivity (Wildman–Crippen MR) is 162 cm³/mol. The number of pyridine rings is 1. The number of thiazole rings is 1. The van der Waals surface area contributed by atoms with E-state index >= 15 is 0 Å². The Hall–Kier alpha value is -3.58. The van der Waals surface area contributed by atoms with Crippen LogP contribution in [0.4, 0.5) is 40.2 Å². The van der Waals surface area contributed by atoms with Crippen LogP contribution in [0.1, 0.15) is 16.1 Å². The van der Waals surface area contributed by atoms with Crippen LogP contribution in [0, 0.1) is 13.8 Å². The number of allylic oxidation sites excluding steroid dienone is 4. The summed E-state index contributed by atoms with van der Waals surface area (Å²) < 4.78 is 83.8. The van der Waals surface area contributed by atoms with E-state index in [1.165, 1.54) is 42.0 Å². The van der Waals surface area contributed by atoms with Gasteiger partial charge in [-0.1, -0.05) is 47.4 Å². The molecule has 0 saturated heterocycles. The first-order valence-corrected chi connectivity index (χ1v) is 14.4. The SMILES string of the molecule is Cc1cc(C)c[n+](C(/C=C/c2sc3ccccc3[n+]2C)=C/C=C2/Sc3ccccc3N2C)c1.F[B-](F)(F)F.F[B-](F)(F)F. The molecule has 0 amide bonds. The maximum atomic E-state index is 9.75. The average molecular weight is 643 g/mol. The Balaban J connectivity index is 0.000000440. The number of benzene rings is 2. The lowest BCUT2D eigenvalue weighted by atomic mass is 10.2. The van der Waals surface area contributed by atoms with Gasteiger partial charge >= 0.3 is 14.5 Å². The summed E-state index contributed by atoms with van der Waals surface area (Å²) >= 11 is 3.63. The third kappa shape index (κ3) is 10.9. The van der Waals surface area contributed by atoms with Crippen LogP contribution in [0.15, 0.2) is 95.1 Å². The molecule has 4 aromatic rings. The zero-order valence-electron chi connectivity index (χ0n) is 23.5. The highest BCUT2D eigenvalue weighted by Crippen LogP contribution is 2.44. The van der Waals surface area contributed by atoms with Crippen LogP contribution >= 0.6 is 23.1 Å². The van der Waals surface area contributed by atoms with Gasteiger partial charge in [0.15, 0.2) is 12.4 Å². The molecule has 0 saturated carbocycles. The van der Waals surface area contributed by atoms with Gasteiger partial charge in [0.1, 0.15) is 11.7 Å². The lowest BCUT2D eigenvalue weighted by Crippen LogP contribution is -2.32. The van der Waals surface area contributed by atoms with Crippen molar-refractivity contribution in [1.82, 2.24) is 0 Å². The Morgan fingerprint density at radius 2 is 1.40 bits per heavy atom. The third-order valence-corrected chi connectivity index (χ3v) is 8.14. The van der Waals surface area contributed by atoms with Gasteiger partial charge in [0.05, 0.1) is 10.7 Å². The van der Waals surface area contributed by atoms with E-state index in [0.29, 0.717) is 0 Å². The Morgan fingerprint density at radius 1 is 0.837 bits per heavy atom. The number of halogens is 8. The van der Waals surface area contributed by atoms with Crippen LogP contribution in [0.25, 0.3) is 22.0 Å². The molecule has 0 aliphatic carbocycles. The van der Waals surface area contributed by atoms with Crippen molar-refractivity contribution in [1.29, 1.82) is 0 Å². The molecule has 0 N–H and O–H groups in total. The number of para-hydroxylation sites is 2. The second-order valence-corrected chi connectivity index (χ2v) is 11.4. The minimum Gasteiger partial charge on any atom is -0.418 e. The van der Waals surface area contributed by atoms with Crippen molar-refractivity contribution >= 4 is 65.3 Å². The topological polar surface area (TPSA) is 11.0 Å². The Bertz CT molecular complexity index is 1620. The molecule has 43 heavy (non-hydrogen) atoms. The zero-order chi connectivity index (χ0) is 31.9. The van der Waals surface area contributed by atoms with Gasteiger partial charge in [-0.25, -0.2) is 0 Å². The highest BCUT2D eigenvalue weighted by atomic mass is 32.2. The van der Waals surface area contributed by atoms with Crippen molar-refractivity contribution in [2.75, 3.05) is 11.9 Å². The van der Waals surface area contributed by atoms with Crippen LogP contribution in [0.5, 0.6) is 0 Å². The summed E-state index contributed by atoms with van der Waals surface area (Å²) in [6.07, 6.45) is 13.3. The van der Waals surface area contributed by atoms with E-state index < -0.39 is 14.5 Å². The molecule has 15 heteroatoms. The number of aromatic nitrogens is 2. The van der Waals surface area contributed by atoms with Gasteiger partial charge in [0.25, 0.3) is 5.01 Å². The Labute approximate surface area is 252 Å². The fraction of sp³-hybridized carbons (Fsp3) is 0.143. The summed E-state index contributed by atoms with van der Waals surface area (Å²) in [7, 11) is -7.73. The van der Waals surface area contributed by atoms with Crippen molar-refractivity contribution in [2.45, 2.75) is 18.7 Å². The first-order valence-electron chi connectivity index (χ1n) is 12.7. The molecular formula is C28H27B2F8N3S2. The zero-order valence-corrected chi connectivity index (χ0v) is 25.1. The van der Waals surface area contributed by atoms with Crippen LogP contribution in [-0.4, -0.2) is 21.6 Å². The highest BCUT2D eigenvalue weighted by Gasteiger charge is 2.22. The average Bonchev–Trinajstić information content (AvgIpc) is 3.38. The van der Waals surface area contributed by atoms with Crippen molar-refractivity contribution in [3.05, 3.63) is 106 Å². The minimum absolute atomic E-state index is 1.12. The minimum atomic E-state index is -6.00. The number of hydrogen-bond donors (Lipinski definition) is 0. The molecule has 3 heterocycles. The van der Waals surface area contributed by atoms with Crippen molar-refractivity contribution in [3.8, 4) is 0 Å². The molecule has 0 unspecified atom stereocenters. The second kappa shape index (κ2) is 14.3.